The van der Waals surface area contributed by atoms with Crippen LogP contribution in [-0.2, 0) is 0 Å². The second kappa shape index (κ2) is 7.68. The number of nitrogens with zero attached hydrogens (tertiary/aromatic N) is 1. The molecule has 0 bridgehead atoms. The molecule has 0 fully saturated rings. The fraction of sp³-hybridized carbons (Fsp3) is 0.333. The van der Waals surface area contributed by atoms with Crippen LogP contribution < -0.4 is 5.32 Å². The second-order valence-electron chi connectivity index (χ2n) is 7.43. The molecule has 1 unspecified atom stereocenters. The minimum Gasteiger partial charge on any atom is -0.347 e. The molecule has 2 rings (SSSR count). The zero-order valence-electron chi connectivity index (χ0n) is 15.8. The van der Waals surface area contributed by atoms with Gasteiger partial charge in [-0.3, -0.25) is 9.59 Å². The smallest absolute Gasteiger partial charge is 0.254 e. The molecule has 1 N–H and O–H groups in total. The van der Waals surface area contributed by atoms with Crippen LogP contribution in [0.5, 0.6) is 0 Å². The minimum atomic E-state index is -0.323. The van der Waals surface area contributed by atoms with E-state index in [4.69, 9.17) is 0 Å². The van der Waals surface area contributed by atoms with Gasteiger partial charge in [0.1, 0.15) is 5.82 Å². The highest BCUT2D eigenvalue weighted by molar-refractivity contribution is 5.98. The summed E-state index contributed by atoms with van der Waals surface area (Å²) in [6.45, 7) is 7.62. The zero-order valence-corrected chi connectivity index (χ0v) is 15.8. The number of hydrogen-bond donors (Lipinski definition) is 1. The summed E-state index contributed by atoms with van der Waals surface area (Å²) >= 11 is 0. The second-order valence-corrected chi connectivity index (χ2v) is 7.43. The first-order valence-corrected chi connectivity index (χ1v) is 8.54. The van der Waals surface area contributed by atoms with Gasteiger partial charge in [0.05, 0.1) is 6.04 Å². The number of nitrogens with one attached hydrogen (secondary N) is 1. The van der Waals surface area contributed by atoms with E-state index < -0.39 is 0 Å². The van der Waals surface area contributed by atoms with E-state index in [0.29, 0.717) is 11.1 Å². The van der Waals surface area contributed by atoms with Crippen molar-refractivity contribution in [2.45, 2.75) is 39.3 Å². The number of halogens is 1. The maximum Gasteiger partial charge on any atom is 0.254 e. The van der Waals surface area contributed by atoms with E-state index in [1.807, 2.05) is 27.7 Å². The van der Waals surface area contributed by atoms with Crippen LogP contribution >= 0.6 is 0 Å². The average Bonchev–Trinajstić information content (AvgIpc) is 2.59. The van der Waals surface area contributed by atoms with Crippen molar-refractivity contribution in [2.24, 2.45) is 0 Å². The van der Waals surface area contributed by atoms with Gasteiger partial charge in [-0.25, -0.2) is 4.39 Å². The van der Waals surface area contributed by atoms with Gasteiger partial charge < -0.3 is 10.2 Å². The first-order chi connectivity index (χ1) is 12.1. The normalized spacial score (nSPS) is 12.4. The molecule has 0 saturated carbocycles. The van der Waals surface area contributed by atoms with E-state index in [-0.39, 0.29) is 29.2 Å². The van der Waals surface area contributed by atoms with Gasteiger partial charge in [0.2, 0.25) is 0 Å². The number of carbonyl (C=O) groups excluding carboxylic acids is 2. The van der Waals surface area contributed by atoms with Crippen molar-refractivity contribution in [3.05, 3.63) is 71.0 Å². The summed E-state index contributed by atoms with van der Waals surface area (Å²) in [6, 6.07) is 12.5. The molecule has 0 aliphatic heterocycles. The van der Waals surface area contributed by atoms with Crippen molar-refractivity contribution >= 4 is 11.8 Å². The van der Waals surface area contributed by atoms with Gasteiger partial charge in [0, 0.05) is 23.7 Å². The summed E-state index contributed by atoms with van der Waals surface area (Å²) in [5, 5.41) is 2.89. The SMILES string of the molecule is CC(c1ccc(F)cc1)N(C)C(=O)c1ccc(C(=O)NC(C)(C)C)cc1. The molecule has 2 aromatic carbocycles. The van der Waals surface area contributed by atoms with Crippen LogP contribution in [0.15, 0.2) is 48.5 Å². The van der Waals surface area contributed by atoms with Crippen LogP contribution in [0, 0.1) is 5.82 Å². The molecular weight excluding hydrogens is 331 g/mol. The third-order valence-electron chi connectivity index (χ3n) is 4.14. The Morgan fingerprint density at radius 1 is 0.962 bits per heavy atom. The Bertz CT molecular complexity index is 777. The lowest BCUT2D eigenvalue weighted by Crippen LogP contribution is -2.40. The third kappa shape index (κ3) is 4.91. The molecule has 2 aromatic rings. The molecule has 1 atom stereocenters. The van der Waals surface area contributed by atoms with E-state index in [1.54, 1.807) is 48.3 Å². The monoisotopic (exact) mass is 356 g/mol. The average molecular weight is 356 g/mol. The molecule has 0 radical (unpaired) electrons. The zero-order chi connectivity index (χ0) is 19.5. The maximum atomic E-state index is 13.1. The molecule has 0 aliphatic rings. The Labute approximate surface area is 154 Å². The predicted molar refractivity (Wildman–Crippen MR) is 101 cm³/mol. The van der Waals surface area contributed by atoms with Crippen molar-refractivity contribution in [3.63, 3.8) is 0 Å². The van der Waals surface area contributed by atoms with Gasteiger partial charge >= 0.3 is 0 Å². The summed E-state index contributed by atoms with van der Waals surface area (Å²) in [4.78, 5) is 26.4. The lowest BCUT2D eigenvalue weighted by Gasteiger charge is -2.25. The van der Waals surface area contributed by atoms with E-state index in [9.17, 15) is 14.0 Å². The van der Waals surface area contributed by atoms with Crippen LogP contribution in [0.4, 0.5) is 4.39 Å². The summed E-state index contributed by atoms with van der Waals surface area (Å²) in [5.74, 6) is -0.645. The number of hydrogen-bond acceptors (Lipinski definition) is 2. The Hall–Kier alpha value is -2.69. The first-order valence-electron chi connectivity index (χ1n) is 8.54. The van der Waals surface area contributed by atoms with Gasteiger partial charge in [-0.1, -0.05) is 12.1 Å². The molecule has 0 aliphatic carbocycles. The topological polar surface area (TPSA) is 49.4 Å². The van der Waals surface area contributed by atoms with Gasteiger partial charge in [-0.05, 0) is 69.7 Å². The molecule has 2 amide bonds. The van der Waals surface area contributed by atoms with Crippen LogP contribution in [-0.4, -0.2) is 29.3 Å². The van der Waals surface area contributed by atoms with Crippen molar-refractivity contribution in [1.82, 2.24) is 10.2 Å². The number of rotatable bonds is 4. The highest BCUT2D eigenvalue weighted by Crippen LogP contribution is 2.21. The van der Waals surface area contributed by atoms with Crippen LogP contribution in [0.1, 0.15) is 60.0 Å². The molecule has 4 nitrogen and oxygen atoms in total. The summed E-state index contributed by atoms with van der Waals surface area (Å²) in [5.41, 5.74) is 1.53. The van der Waals surface area contributed by atoms with E-state index in [0.717, 1.165) is 5.56 Å². The highest BCUT2D eigenvalue weighted by atomic mass is 19.1. The lowest BCUT2D eigenvalue weighted by molar-refractivity contribution is 0.0741. The fourth-order valence-corrected chi connectivity index (χ4v) is 2.52. The van der Waals surface area contributed by atoms with Crippen LogP contribution in [0.3, 0.4) is 0 Å². The molecule has 0 saturated heterocycles. The van der Waals surface area contributed by atoms with Gasteiger partial charge in [0.15, 0.2) is 0 Å². The Balaban J connectivity index is 2.11. The highest BCUT2D eigenvalue weighted by Gasteiger charge is 2.20. The van der Waals surface area contributed by atoms with Crippen molar-refractivity contribution in [3.8, 4) is 0 Å². The minimum absolute atomic E-state index is 0.162. The molecular formula is C21H25FN2O2. The van der Waals surface area contributed by atoms with Crippen LogP contribution in [0.2, 0.25) is 0 Å². The number of amides is 2. The van der Waals surface area contributed by atoms with Crippen molar-refractivity contribution in [1.29, 1.82) is 0 Å². The number of carbonyl (C=O) groups is 2. The van der Waals surface area contributed by atoms with Crippen molar-refractivity contribution < 1.29 is 14.0 Å². The Morgan fingerprint density at radius 3 is 1.96 bits per heavy atom. The molecule has 0 aromatic heterocycles. The molecule has 0 spiro atoms. The fourth-order valence-electron chi connectivity index (χ4n) is 2.52. The number of benzene rings is 2. The van der Waals surface area contributed by atoms with Gasteiger partial charge in [0.25, 0.3) is 11.8 Å². The summed E-state index contributed by atoms with van der Waals surface area (Å²) < 4.78 is 13.1. The first kappa shape index (κ1) is 19.6. The quantitative estimate of drug-likeness (QED) is 0.893. The van der Waals surface area contributed by atoms with E-state index in [2.05, 4.69) is 5.32 Å². The predicted octanol–water partition coefficient (Wildman–Crippen LogP) is 4.19. The standard InChI is InChI=1S/C21H25FN2O2/c1-14(15-10-12-18(22)13-11-15)24(5)20(26)17-8-6-16(7-9-17)19(25)23-21(2,3)4/h6-14H,1-5H3,(H,23,25). The molecule has 0 heterocycles. The Kier molecular flexibility index (Phi) is 5.80. The van der Waals surface area contributed by atoms with Crippen LogP contribution in [0.25, 0.3) is 0 Å². The molecule has 5 heteroatoms. The largest absolute Gasteiger partial charge is 0.347 e. The summed E-state index contributed by atoms with van der Waals surface area (Å²) in [7, 11) is 1.70. The maximum absolute atomic E-state index is 13.1. The molecule has 138 valence electrons. The summed E-state index contributed by atoms with van der Waals surface area (Å²) in [6.07, 6.45) is 0. The van der Waals surface area contributed by atoms with Crippen molar-refractivity contribution in [2.75, 3.05) is 7.05 Å². The van der Waals surface area contributed by atoms with Gasteiger partial charge in [-0.15, -0.1) is 0 Å². The van der Waals surface area contributed by atoms with Gasteiger partial charge in [-0.2, -0.15) is 0 Å². The Morgan fingerprint density at radius 2 is 1.46 bits per heavy atom. The van der Waals surface area contributed by atoms with E-state index >= 15 is 0 Å². The lowest BCUT2D eigenvalue weighted by atomic mass is 10.0. The molecule has 26 heavy (non-hydrogen) atoms. The van der Waals surface area contributed by atoms with E-state index in [1.165, 1.54) is 12.1 Å². The third-order valence-corrected chi connectivity index (χ3v) is 4.14.